The van der Waals surface area contributed by atoms with Crippen LogP contribution in [-0.2, 0) is 9.84 Å². The lowest BCUT2D eigenvalue weighted by atomic mass is 9.89. The molecule has 0 heterocycles. The average Bonchev–Trinajstić information content (AvgIpc) is 2.63. The van der Waals surface area contributed by atoms with Gasteiger partial charge in [0.05, 0.1) is 5.75 Å². The van der Waals surface area contributed by atoms with Gasteiger partial charge in [0.1, 0.15) is 9.84 Å². The highest BCUT2D eigenvalue weighted by molar-refractivity contribution is 7.91. The number of sulfone groups is 1. The summed E-state index contributed by atoms with van der Waals surface area (Å²) in [6.07, 6.45) is 9.30. The van der Waals surface area contributed by atoms with Gasteiger partial charge in [-0.2, -0.15) is 0 Å². The molecule has 4 nitrogen and oxygen atoms in total. The molecule has 3 N–H and O–H groups in total. The molecule has 18 heavy (non-hydrogen) atoms. The van der Waals surface area contributed by atoms with Gasteiger partial charge in [-0.25, -0.2) is 8.42 Å². The number of hydrazine groups is 1. The number of nitrogens with one attached hydrogen (secondary N) is 1. The Bertz CT molecular complexity index is 309. The highest BCUT2D eigenvalue weighted by Crippen LogP contribution is 2.27. The Morgan fingerprint density at radius 2 is 1.83 bits per heavy atom. The van der Waals surface area contributed by atoms with E-state index < -0.39 is 9.84 Å². The molecule has 0 aromatic heterocycles. The van der Waals surface area contributed by atoms with Gasteiger partial charge in [-0.1, -0.05) is 32.6 Å². The minimum Gasteiger partial charge on any atom is -0.271 e. The summed E-state index contributed by atoms with van der Waals surface area (Å²) in [7, 11) is -2.83. The van der Waals surface area contributed by atoms with Crippen LogP contribution in [0.25, 0.3) is 0 Å². The zero-order valence-corrected chi connectivity index (χ0v) is 12.3. The lowest BCUT2D eigenvalue weighted by Crippen LogP contribution is -2.41. The Kier molecular flexibility index (Phi) is 7.19. The Morgan fingerprint density at radius 3 is 2.33 bits per heavy atom. The first-order valence-electron chi connectivity index (χ1n) is 7.25. The lowest BCUT2D eigenvalue weighted by molar-refractivity contribution is 0.306. The number of hydrogen-bond donors (Lipinski definition) is 2. The molecular formula is C13H28N2O2S. The Labute approximate surface area is 112 Å². The molecule has 1 aliphatic carbocycles. The molecular weight excluding hydrogens is 248 g/mol. The first kappa shape index (κ1) is 15.9. The molecule has 0 spiro atoms. The second kappa shape index (κ2) is 8.12. The van der Waals surface area contributed by atoms with E-state index in [1.54, 1.807) is 6.92 Å². The summed E-state index contributed by atoms with van der Waals surface area (Å²) in [4.78, 5) is 0. The lowest BCUT2D eigenvalue weighted by Gasteiger charge is -2.25. The monoisotopic (exact) mass is 276 g/mol. The summed E-state index contributed by atoms with van der Waals surface area (Å²) < 4.78 is 22.9. The molecule has 1 aliphatic rings. The van der Waals surface area contributed by atoms with E-state index in [2.05, 4.69) is 5.43 Å². The number of rotatable bonds is 7. The summed E-state index contributed by atoms with van der Waals surface area (Å²) in [5.74, 6) is 6.81. The van der Waals surface area contributed by atoms with Crippen LogP contribution in [0.3, 0.4) is 0 Å². The Morgan fingerprint density at radius 1 is 1.22 bits per heavy atom. The van der Waals surface area contributed by atoms with Crippen molar-refractivity contribution < 1.29 is 8.42 Å². The average molecular weight is 276 g/mol. The van der Waals surface area contributed by atoms with Crippen molar-refractivity contribution in [3.05, 3.63) is 0 Å². The van der Waals surface area contributed by atoms with Gasteiger partial charge in [-0.3, -0.25) is 11.3 Å². The van der Waals surface area contributed by atoms with Gasteiger partial charge in [0.25, 0.3) is 0 Å². The molecule has 0 saturated heterocycles. The third-order valence-corrected chi connectivity index (χ3v) is 5.88. The molecule has 1 atom stereocenters. The largest absolute Gasteiger partial charge is 0.271 e. The van der Waals surface area contributed by atoms with Crippen LogP contribution < -0.4 is 11.3 Å². The normalized spacial score (nSPS) is 20.6. The van der Waals surface area contributed by atoms with Crippen molar-refractivity contribution >= 4 is 9.84 Å². The van der Waals surface area contributed by atoms with Crippen molar-refractivity contribution in [3.8, 4) is 0 Å². The van der Waals surface area contributed by atoms with E-state index >= 15 is 0 Å². The van der Waals surface area contributed by atoms with Crippen molar-refractivity contribution in [2.45, 2.75) is 64.3 Å². The molecule has 0 bridgehead atoms. The quantitative estimate of drug-likeness (QED) is 0.424. The van der Waals surface area contributed by atoms with Gasteiger partial charge < -0.3 is 0 Å². The van der Waals surface area contributed by atoms with Crippen molar-refractivity contribution in [2.75, 3.05) is 11.5 Å². The van der Waals surface area contributed by atoms with Crippen molar-refractivity contribution in [3.63, 3.8) is 0 Å². The van der Waals surface area contributed by atoms with E-state index in [0.717, 1.165) is 12.8 Å². The van der Waals surface area contributed by atoms with Crippen molar-refractivity contribution in [1.29, 1.82) is 0 Å². The fourth-order valence-electron chi connectivity index (χ4n) is 2.84. The summed E-state index contributed by atoms with van der Waals surface area (Å²) in [6, 6.07) is 0.287. The smallest absolute Gasteiger partial charge is 0.150 e. The van der Waals surface area contributed by atoms with Crippen molar-refractivity contribution in [2.24, 2.45) is 11.8 Å². The summed E-state index contributed by atoms with van der Waals surface area (Å²) in [5.41, 5.74) is 2.91. The zero-order valence-electron chi connectivity index (χ0n) is 11.5. The second-order valence-corrected chi connectivity index (χ2v) is 7.88. The van der Waals surface area contributed by atoms with Gasteiger partial charge in [0, 0.05) is 11.8 Å². The minimum absolute atomic E-state index is 0.247. The van der Waals surface area contributed by atoms with Gasteiger partial charge in [-0.15, -0.1) is 0 Å². The second-order valence-electron chi connectivity index (χ2n) is 5.40. The van der Waals surface area contributed by atoms with Crippen LogP contribution in [0, 0.1) is 5.92 Å². The van der Waals surface area contributed by atoms with Gasteiger partial charge in [0.2, 0.25) is 0 Å². The van der Waals surface area contributed by atoms with E-state index in [1.807, 2.05) is 0 Å². The topological polar surface area (TPSA) is 72.2 Å². The van der Waals surface area contributed by atoms with Crippen LogP contribution in [0.2, 0.25) is 0 Å². The highest BCUT2D eigenvalue weighted by atomic mass is 32.2. The molecule has 0 aliphatic heterocycles. The van der Waals surface area contributed by atoms with E-state index in [-0.39, 0.29) is 11.8 Å². The van der Waals surface area contributed by atoms with Gasteiger partial charge in [-0.05, 0) is 31.6 Å². The number of nitrogens with two attached hydrogens (primary N) is 1. The maximum atomic E-state index is 11.4. The predicted molar refractivity (Wildman–Crippen MR) is 75.9 cm³/mol. The predicted octanol–water partition coefficient (Wildman–Crippen LogP) is 2.00. The molecule has 5 heteroatoms. The molecule has 108 valence electrons. The highest BCUT2D eigenvalue weighted by Gasteiger charge is 2.22. The van der Waals surface area contributed by atoms with E-state index in [9.17, 15) is 8.42 Å². The summed E-state index contributed by atoms with van der Waals surface area (Å²) in [6.45, 7) is 1.71. The van der Waals surface area contributed by atoms with Crippen LogP contribution in [0.5, 0.6) is 0 Å². The molecule has 1 fully saturated rings. The third-order valence-electron chi connectivity index (χ3n) is 4.09. The van der Waals surface area contributed by atoms with Crippen LogP contribution in [0.4, 0.5) is 0 Å². The van der Waals surface area contributed by atoms with Crippen LogP contribution in [0.1, 0.15) is 58.3 Å². The third kappa shape index (κ3) is 5.67. The van der Waals surface area contributed by atoms with E-state index in [0.29, 0.717) is 11.7 Å². The summed E-state index contributed by atoms with van der Waals surface area (Å²) in [5, 5.41) is 0. The van der Waals surface area contributed by atoms with Gasteiger partial charge >= 0.3 is 0 Å². The molecule has 0 amide bonds. The molecule has 0 aromatic rings. The van der Waals surface area contributed by atoms with Crippen LogP contribution in [0.15, 0.2) is 0 Å². The van der Waals surface area contributed by atoms with Crippen LogP contribution >= 0.6 is 0 Å². The molecule has 1 unspecified atom stereocenters. The van der Waals surface area contributed by atoms with E-state index in [4.69, 9.17) is 5.84 Å². The number of hydrogen-bond acceptors (Lipinski definition) is 4. The Balaban J connectivity index is 2.36. The first-order chi connectivity index (χ1) is 8.59. The molecule has 0 radical (unpaired) electrons. The molecule has 0 aromatic carbocycles. The zero-order chi connectivity index (χ0) is 13.4. The molecule has 1 saturated carbocycles. The standard InChI is InChI=1S/C13H28N2O2S/c1-2-18(16,17)11-7-10-13(15-14)12-8-5-3-4-6-9-12/h12-13,15H,2-11,14H2,1H3. The molecule has 1 rings (SSSR count). The first-order valence-corrected chi connectivity index (χ1v) is 9.07. The SMILES string of the molecule is CCS(=O)(=O)CCCC(NN)C1CCCCCC1. The maximum Gasteiger partial charge on any atom is 0.150 e. The fourth-order valence-corrected chi connectivity index (χ4v) is 3.73. The van der Waals surface area contributed by atoms with Crippen molar-refractivity contribution in [1.82, 2.24) is 5.43 Å². The maximum absolute atomic E-state index is 11.4. The van der Waals surface area contributed by atoms with Gasteiger partial charge in [0.15, 0.2) is 0 Å². The van der Waals surface area contributed by atoms with E-state index in [1.165, 1.54) is 38.5 Å². The fraction of sp³-hybridized carbons (Fsp3) is 1.00. The minimum atomic E-state index is -2.83. The summed E-state index contributed by atoms with van der Waals surface area (Å²) >= 11 is 0. The van der Waals surface area contributed by atoms with Crippen LogP contribution in [-0.4, -0.2) is 26.0 Å². The Hall–Kier alpha value is -0.130.